The second-order valence-electron chi connectivity index (χ2n) is 13.9. The molecule has 3 aromatic rings. The van der Waals surface area contributed by atoms with Crippen LogP contribution >= 0.6 is 19.4 Å². The molecule has 0 atom stereocenters. The number of nitrogens with zero attached hydrogens (tertiary/aromatic N) is 2. The van der Waals surface area contributed by atoms with Gasteiger partial charge in [0.05, 0.1) is 0 Å². The minimum atomic E-state index is -5.00. The predicted molar refractivity (Wildman–Crippen MR) is 182 cm³/mol. The topological polar surface area (TPSA) is 9.86 Å². The molecule has 0 unspecified atom stereocenters. The molecule has 0 saturated heterocycles. The summed E-state index contributed by atoms with van der Waals surface area (Å²) in [7, 11) is 11.9. The van der Waals surface area contributed by atoms with Gasteiger partial charge in [-0.1, -0.05) is 0 Å². The summed E-state index contributed by atoms with van der Waals surface area (Å²) in [6, 6.07) is 8.98. The van der Waals surface area contributed by atoms with Crippen molar-refractivity contribution in [3.63, 3.8) is 0 Å². The molecule has 1 aromatic heterocycles. The van der Waals surface area contributed by atoms with Gasteiger partial charge in [0.1, 0.15) is 0 Å². The Morgan fingerprint density at radius 2 is 1.07 bits per heavy atom. The van der Waals surface area contributed by atoms with Crippen LogP contribution in [-0.2, 0) is 10.7 Å². The van der Waals surface area contributed by atoms with Crippen molar-refractivity contribution in [2.75, 3.05) is 0 Å². The van der Waals surface area contributed by atoms with E-state index < -0.39 is 10.7 Å². The van der Waals surface area contributed by atoms with E-state index in [1.807, 2.05) is 0 Å². The molecular formula is C37H49Cl2N2Ru. The Labute approximate surface area is 262 Å². The number of allylic oxidation sites excluding steroid dienone is 5. The fourth-order valence-electron chi connectivity index (χ4n) is 6.68. The normalized spacial score (nSPS) is 16.5. The third-order valence-corrected chi connectivity index (χ3v) is 19.2. The summed E-state index contributed by atoms with van der Waals surface area (Å²) in [6.45, 7) is 30.8. The summed E-state index contributed by atoms with van der Waals surface area (Å²) < 4.78 is 10.5. The Kier molecular flexibility index (Phi) is 8.27. The first kappa shape index (κ1) is 32.9. The quantitative estimate of drug-likeness (QED) is 0.242. The zero-order valence-corrected chi connectivity index (χ0v) is 31.3. The van der Waals surface area contributed by atoms with E-state index in [1.54, 1.807) is 0 Å². The Bertz CT molecular complexity index is 1810. The van der Waals surface area contributed by atoms with Crippen LogP contribution in [0.3, 0.4) is 0 Å². The van der Waals surface area contributed by atoms with Crippen LogP contribution in [0.2, 0.25) is 0 Å². The molecule has 0 spiro atoms. The Morgan fingerprint density at radius 1 is 0.690 bits per heavy atom. The van der Waals surface area contributed by atoms with Gasteiger partial charge in [-0.25, -0.2) is 0 Å². The van der Waals surface area contributed by atoms with Crippen molar-refractivity contribution in [2.24, 2.45) is 10.8 Å². The van der Waals surface area contributed by atoms with Gasteiger partial charge >= 0.3 is 264 Å². The summed E-state index contributed by atoms with van der Waals surface area (Å²) in [4.78, 5) is 0. The zero-order valence-electron chi connectivity index (χ0n) is 28.0. The fourth-order valence-corrected chi connectivity index (χ4v) is 19.7. The SMILES string of the molecule is CC1=C(C)C(C)(C)[C]([Ru]([Cl])([Cl])(=[C]=CC(C)(C)C)=[c]2n(-c3c(C)cc(C)cc3C)ccn2-c2c(C)cc(C)cc2C)=C1C. The van der Waals surface area contributed by atoms with Crippen LogP contribution in [0.5, 0.6) is 0 Å². The van der Waals surface area contributed by atoms with Crippen molar-refractivity contribution in [3.05, 3.63) is 101 Å². The number of halogens is 2. The van der Waals surface area contributed by atoms with Crippen LogP contribution in [-0.4, -0.2) is 13.4 Å². The number of imidazole rings is 1. The number of rotatable bonds is 3. The van der Waals surface area contributed by atoms with Crippen LogP contribution in [0.25, 0.3) is 11.4 Å². The fraction of sp³-hybridized carbons (Fsp3) is 0.432. The van der Waals surface area contributed by atoms with E-state index in [4.69, 9.17) is 19.4 Å². The Hall–Kier alpha value is -2.02. The molecule has 1 heterocycles. The molecule has 0 amide bonds. The van der Waals surface area contributed by atoms with Gasteiger partial charge in [-0.15, -0.1) is 0 Å². The molecule has 2 nitrogen and oxygen atoms in total. The molecule has 0 aliphatic heterocycles. The van der Waals surface area contributed by atoms with E-state index in [-0.39, 0.29) is 10.8 Å². The zero-order chi connectivity index (χ0) is 31.8. The number of aromatic nitrogens is 2. The van der Waals surface area contributed by atoms with E-state index in [0.29, 0.717) is 0 Å². The average molecular weight is 694 g/mol. The summed E-state index contributed by atoms with van der Waals surface area (Å²) in [6.07, 6.45) is 6.45. The van der Waals surface area contributed by atoms with Gasteiger partial charge in [0, 0.05) is 0 Å². The molecule has 0 radical (unpaired) electrons. The van der Waals surface area contributed by atoms with Crippen LogP contribution in [0.4, 0.5) is 0 Å². The number of hydrogen-bond donors (Lipinski definition) is 0. The first-order valence-corrected chi connectivity index (χ1v) is 21.8. The number of hydrogen-bond acceptors (Lipinski definition) is 0. The Balaban J connectivity index is 2.54. The molecule has 2 aromatic carbocycles. The van der Waals surface area contributed by atoms with Crippen molar-refractivity contribution >= 4 is 23.6 Å². The average Bonchev–Trinajstić information content (AvgIpc) is 3.31. The molecule has 0 bridgehead atoms. The predicted octanol–water partition coefficient (Wildman–Crippen LogP) is 11.3. The minimum absolute atomic E-state index is 0.160. The van der Waals surface area contributed by atoms with Gasteiger partial charge in [0.25, 0.3) is 0 Å². The van der Waals surface area contributed by atoms with Gasteiger partial charge in [0.2, 0.25) is 0 Å². The molecule has 42 heavy (non-hydrogen) atoms. The number of benzene rings is 2. The Morgan fingerprint density at radius 3 is 1.38 bits per heavy atom. The van der Waals surface area contributed by atoms with Crippen molar-refractivity contribution in [3.8, 4) is 11.4 Å². The summed E-state index contributed by atoms with van der Waals surface area (Å²) >= 11 is 0. The van der Waals surface area contributed by atoms with E-state index in [0.717, 1.165) is 19.6 Å². The van der Waals surface area contributed by atoms with Crippen molar-refractivity contribution < 1.29 is 10.7 Å². The first-order chi connectivity index (χ1) is 19.1. The molecular weight excluding hydrogens is 644 g/mol. The van der Waals surface area contributed by atoms with E-state index in [1.165, 1.54) is 50.1 Å². The maximum absolute atomic E-state index is 8.44. The molecule has 0 N–H and O–H groups in total. The summed E-state index contributed by atoms with van der Waals surface area (Å²) in [5.74, 6) is 0. The van der Waals surface area contributed by atoms with E-state index in [9.17, 15) is 0 Å². The summed E-state index contributed by atoms with van der Waals surface area (Å²) in [5.41, 5.74) is 12.8. The van der Waals surface area contributed by atoms with Crippen molar-refractivity contribution in [1.82, 2.24) is 9.13 Å². The summed E-state index contributed by atoms with van der Waals surface area (Å²) in [5, 5.41) is 0. The second kappa shape index (κ2) is 10.6. The molecule has 0 saturated carbocycles. The number of aryl methyl sites for hydroxylation is 6. The van der Waals surface area contributed by atoms with Gasteiger partial charge in [0.15, 0.2) is 0 Å². The van der Waals surface area contributed by atoms with Crippen LogP contribution in [0.1, 0.15) is 88.8 Å². The molecule has 5 heteroatoms. The second-order valence-corrected chi connectivity index (χ2v) is 26.7. The van der Waals surface area contributed by atoms with Gasteiger partial charge in [-0.2, -0.15) is 0 Å². The molecule has 0 fully saturated rings. The first-order valence-electron chi connectivity index (χ1n) is 14.7. The van der Waals surface area contributed by atoms with Gasteiger partial charge < -0.3 is 0 Å². The molecule has 229 valence electrons. The van der Waals surface area contributed by atoms with Crippen LogP contribution in [0, 0.1) is 56.4 Å². The van der Waals surface area contributed by atoms with Gasteiger partial charge in [-0.05, 0) is 0 Å². The molecule has 1 aliphatic carbocycles. The molecule has 4 rings (SSSR count). The van der Waals surface area contributed by atoms with E-state index in [2.05, 4.69) is 153 Å². The van der Waals surface area contributed by atoms with Crippen LogP contribution in [0.15, 0.2) is 63.6 Å². The third-order valence-electron chi connectivity index (χ3n) is 8.67. The van der Waals surface area contributed by atoms with Crippen molar-refractivity contribution in [1.29, 1.82) is 0 Å². The third kappa shape index (κ3) is 5.30. The standard InChI is InChI=1S/C21H24N2.C10H15.C6H10.2ClH.Ru/c1-14-9-16(3)20(17(4)10-14)22-7-8-23(13-22)21-18(5)11-15(2)12-19(21)6;1-7-6-10(4,5)9(3)8(7)2;1-5-6(2,3)4;;;/h7-12H,1-6H3;1-5H3;5H,2-4H3;2*1H;/q;;;;;+2/p-2. The maximum atomic E-state index is 8.44. The van der Waals surface area contributed by atoms with Gasteiger partial charge in [-0.3, -0.25) is 0 Å². The van der Waals surface area contributed by atoms with Crippen molar-refractivity contribution in [2.45, 2.75) is 96.9 Å². The molecule has 1 aliphatic rings. The monoisotopic (exact) mass is 693 g/mol. The van der Waals surface area contributed by atoms with E-state index >= 15 is 0 Å². The van der Waals surface area contributed by atoms with Crippen LogP contribution < -0.4 is 0 Å².